The maximum Gasteiger partial charge on any atom is 0.252 e. The Bertz CT molecular complexity index is 272. The Kier molecular flexibility index (Phi) is 3.42. The molecule has 70 valence electrons. The number of rotatable bonds is 3. The molecule has 0 spiro atoms. The van der Waals surface area contributed by atoms with Crippen molar-refractivity contribution >= 4 is 5.91 Å². The van der Waals surface area contributed by atoms with E-state index in [9.17, 15) is 4.79 Å². The molecule has 0 heterocycles. The van der Waals surface area contributed by atoms with Crippen LogP contribution in [0, 0.1) is 0 Å². The average molecular weight is 180 g/mol. The van der Waals surface area contributed by atoms with E-state index in [1.54, 1.807) is 24.3 Å². The molecule has 1 amide bonds. The molecular formula is C9H12N2O2. The summed E-state index contributed by atoms with van der Waals surface area (Å²) < 4.78 is 0. The average Bonchev–Trinajstić information content (AvgIpc) is 2.15. The fourth-order valence-electron chi connectivity index (χ4n) is 0.878. The molecule has 0 aliphatic heterocycles. The number of nitrogens with one attached hydrogen (secondary N) is 1. The van der Waals surface area contributed by atoms with Crippen LogP contribution in [-0.2, 0) is 0 Å². The number of carbonyl (C=O) groups is 1. The molecule has 1 aromatic carbocycles. The first-order valence-corrected chi connectivity index (χ1v) is 3.93. The molecule has 0 aliphatic carbocycles. The van der Waals surface area contributed by atoms with Crippen LogP contribution in [-0.4, -0.2) is 29.9 Å². The Labute approximate surface area is 76.7 Å². The van der Waals surface area contributed by atoms with Crippen molar-refractivity contribution in [3.63, 3.8) is 0 Å². The smallest absolute Gasteiger partial charge is 0.252 e. The highest BCUT2D eigenvalue weighted by atomic mass is 16.5. The van der Waals surface area contributed by atoms with E-state index < -0.39 is 0 Å². The number of hydrogen-bond acceptors (Lipinski definition) is 3. The normalized spacial score (nSPS) is 10.1. The molecule has 0 unspecified atom stereocenters. The van der Waals surface area contributed by atoms with Gasteiger partial charge in [-0.3, -0.25) is 4.79 Å². The van der Waals surface area contributed by atoms with Crippen molar-refractivity contribution in [2.75, 3.05) is 13.7 Å². The summed E-state index contributed by atoms with van der Waals surface area (Å²) in [7, 11) is 1.46. The Morgan fingerprint density at radius 2 is 2.08 bits per heavy atom. The number of amides is 1. The largest absolute Gasteiger partial charge is 0.337 e. The monoisotopic (exact) mass is 180 g/mol. The molecule has 0 aromatic heterocycles. The zero-order valence-corrected chi connectivity index (χ0v) is 7.40. The van der Waals surface area contributed by atoms with Gasteiger partial charge in [0.1, 0.15) is 0 Å². The summed E-state index contributed by atoms with van der Waals surface area (Å²) in [5.41, 5.74) is 0.587. The maximum absolute atomic E-state index is 11.3. The third-order valence-corrected chi connectivity index (χ3v) is 1.50. The molecule has 0 bridgehead atoms. The zero-order valence-electron chi connectivity index (χ0n) is 7.40. The zero-order chi connectivity index (χ0) is 9.68. The standard InChI is InChI=1S/C9H12N2O2/c1-11(13)7-10-9(12)8-5-3-2-4-6-8/h2-6,13H,7H2,1H3,(H,10,12). The minimum absolute atomic E-state index is 0.119. The number of carbonyl (C=O) groups excluding carboxylic acids is 1. The fourth-order valence-corrected chi connectivity index (χ4v) is 0.878. The van der Waals surface area contributed by atoms with Gasteiger partial charge >= 0.3 is 0 Å². The van der Waals surface area contributed by atoms with Gasteiger partial charge in [0, 0.05) is 12.6 Å². The van der Waals surface area contributed by atoms with E-state index in [4.69, 9.17) is 5.21 Å². The molecule has 0 fully saturated rings. The molecule has 1 rings (SSSR count). The van der Waals surface area contributed by atoms with Gasteiger partial charge in [-0.25, -0.2) is 0 Å². The number of hydroxylamine groups is 2. The third-order valence-electron chi connectivity index (χ3n) is 1.50. The lowest BCUT2D eigenvalue weighted by Crippen LogP contribution is -2.33. The number of benzene rings is 1. The maximum atomic E-state index is 11.3. The van der Waals surface area contributed by atoms with E-state index in [-0.39, 0.29) is 12.6 Å². The van der Waals surface area contributed by atoms with Gasteiger partial charge < -0.3 is 10.5 Å². The van der Waals surface area contributed by atoms with Crippen molar-refractivity contribution in [2.45, 2.75) is 0 Å². The van der Waals surface area contributed by atoms with Crippen LogP contribution in [0.2, 0.25) is 0 Å². The second-order valence-corrected chi connectivity index (χ2v) is 2.69. The van der Waals surface area contributed by atoms with E-state index in [0.29, 0.717) is 5.56 Å². The summed E-state index contributed by atoms with van der Waals surface area (Å²) in [5.74, 6) is -0.193. The minimum atomic E-state index is -0.193. The number of hydrogen-bond donors (Lipinski definition) is 2. The molecule has 4 nitrogen and oxygen atoms in total. The van der Waals surface area contributed by atoms with E-state index in [0.717, 1.165) is 5.06 Å². The van der Waals surface area contributed by atoms with Crippen molar-refractivity contribution in [1.82, 2.24) is 10.4 Å². The van der Waals surface area contributed by atoms with Gasteiger partial charge in [0.05, 0.1) is 6.67 Å². The lowest BCUT2D eigenvalue weighted by atomic mass is 10.2. The Morgan fingerprint density at radius 3 is 2.62 bits per heavy atom. The second kappa shape index (κ2) is 4.59. The molecule has 13 heavy (non-hydrogen) atoms. The molecule has 0 atom stereocenters. The highest BCUT2D eigenvalue weighted by molar-refractivity contribution is 5.93. The van der Waals surface area contributed by atoms with Gasteiger partial charge in [0.25, 0.3) is 5.91 Å². The second-order valence-electron chi connectivity index (χ2n) is 2.69. The fraction of sp³-hybridized carbons (Fsp3) is 0.222. The van der Waals surface area contributed by atoms with Crippen molar-refractivity contribution in [2.24, 2.45) is 0 Å². The lowest BCUT2D eigenvalue weighted by molar-refractivity contribution is -0.0689. The first kappa shape index (κ1) is 9.70. The van der Waals surface area contributed by atoms with Gasteiger partial charge in [-0.1, -0.05) is 18.2 Å². The molecule has 4 heteroatoms. The van der Waals surface area contributed by atoms with Crippen LogP contribution in [0.1, 0.15) is 10.4 Å². The summed E-state index contributed by atoms with van der Waals surface area (Å²) in [6.45, 7) is 0.119. The molecule has 0 saturated carbocycles. The molecule has 0 radical (unpaired) electrons. The van der Waals surface area contributed by atoms with E-state index in [1.165, 1.54) is 7.05 Å². The SMILES string of the molecule is CN(O)CNC(=O)c1ccccc1. The third kappa shape index (κ3) is 3.23. The highest BCUT2D eigenvalue weighted by Crippen LogP contribution is 1.97. The van der Waals surface area contributed by atoms with Gasteiger partial charge in [0.2, 0.25) is 0 Å². The van der Waals surface area contributed by atoms with Crippen LogP contribution in [0.25, 0.3) is 0 Å². The van der Waals surface area contributed by atoms with Gasteiger partial charge in [0.15, 0.2) is 0 Å². The quantitative estimate of drug-likeness (QED) is 0.531. The Balaban J connectivity index is 2.50. The molecule has 1 aromatic rings. The molecule has 2 N–H and O–H groups in total. The molecular weight excluding hydrogens is 168 g/mol. The van der Waals surface area contributed by atoms with Crippen LogP contribution < -0.4 is 5.32 Å². The summed E-state index contributed by atoms with van der Waals surface area (Å²) in [5, 5.41) is 12.2. The van der Waals surface area contributed by atoms with Crippen LogP contribution in [0.4, 0.5) is 0 Å². The first-order chi connectivity index (χ1) is 6.20. The molecule has 0 saturated heterocycles. The highest BCUT2D eigenvalue weighted by Gasteiger charge is 2.03. The van der Waals surface area contributed by atoms with Gasteiger partial charge in [-0.2, -0.15) is 5.06 Å². The summed E-state index contributed by atoms with van der Waals surface area (Å²) in [6.07, 6.45) is 0. The van der Waals surface area contributed by atoms with Crippen LogP contribution in [0.15, 0.2) is 30.3 Å². The predicted molar refractivity (Wildman–Crippen MR) is 48.3 cm³/mol. The minimum Gasteiger partial charge on any atom is -0.337 e. The van der Waals surface area contributed by atoms with Crippen LogP contribution in [0.5, 0.6) is 0 Å². The van der Waals surface area contributed by atoms with Crippen molar-refractivity contribution in [3.05, 3.63) is 35.9 Å². The van der Waals surface area contributed by atoms with E-state index in [1.807, 2.05) is 6.07 Å². The Hall–Kier alpha value is -1.39. The summed E-state index contributed by atoms with van der Waals surface area (Å²) >= 11 is 0. The van der Waals surface area contributed by atoms with Crippen molar-refractivity contribution in [1.29, 1.82) is 0 Å². The van der Waals surface area contributed by atoms with Crippen LogP contribution >= 0.6 is 0 Å². The number of nitrogens with zero attached hydrogens (tertiary/aromatic N) is 1. The first-order valence-electron chi connectivity index (χ1n) is 3.93. The van der Waals surface area contributed by atoms with E-state index >= 15 is 0 Å². The summed E-state index contributed by atoms with van der Waals surface area (Å²) in [4.78, 5) is 11.3. The predicted octanol–water partition coefficient (Wildman–Crippen LogP) is 0.695. The topological polar surface area (TPSA) is 52.6 Å². The molecule has 0 aliphatic rings. The Morgan fingerprint density at radius 1 is 1.46 bits per heavy atom. The van der Waals surface area contributed by atoms with Crippen LogP contribution in [0.3, 0.4) is 0 Å². The van der Waals surface area contributed by atoms with Crippen molar-refractivity contribution < 1.29 is 10.0 Å². The summed E-state index contributed by atoms with van der Waals surface area (Å²) in [6, 6.07) is 8.85. The van der Waals surface area contributed by atoms with E-state index in [2.05, 4.69) is 5.32 Å². The lowest BCUT2D eigenvalue weighted by Gasteiger charge is -2.09. The van der Waals surface area contributed by atoms with Crippen molar-refractivity contribution in [3.8, 4) is 0 Å². The van der Waals surface area contributed by atoms with Gasteiger partial charge in [-0.15, -0.1) is 0 Å². The van der Waals surface area contributed by atoms with Gasteiger partial charge in [-0.05, 0) is 12.1 Å².